The van der Waals surface area contributed by atoms with Gasteiger partial charge in [0, 0.05) is 6.08 Å². The number of halogens is 1. The molecule has 2 aliphatic rings. The molecule has 1 unspecified atom stereocenters. The summed E-state index contributed by atoms with van der Waals surface area (Å²) in [5.74, 6) is 1.34. The lowest BCUT2D eigenvalue weighted by atomic mass is 9.85. The zero-order valence-corrected chi connectivity index (χ0v) is 11.4. The molecule has 1 aromatic carbocycles. The summed E-state index contributed by atoms with van der Waals surface area (Å²) in [5.41, 5.74) is 2.68. The molecule has 0 amide bonds. The van der Waals surface area contributed by atoms with Gasteiger partial charge < -0.3 is 0 Å². The van der Waals surface area contributed by atoms with Gasteiger partial charge in [0.2, 0.25) is 0 Å². The number of allylic oxidation sites excluding steroid dienone is 5. The first-order valence-electron chi connectivity index (χ1n) is 5.65. The summed E-state index contributed by atoms with van der Waals surface area (Å²) in [6.07, 6.45) is 8.40. The van der Waals surface area contributed by atoms with Crippen molar-refractivity contribution >= 4 is 33.9 Å². The molecule has 1 nitrogen and oxygen atoms in total. The second-order valence-corrected chi connectivity index (χ2v) is 5.40. The third-order valence-electron chi connectivity index (χ3n) is 3.04. The average Bonchev–Trinajstić information content (AvgIpc) is 2.39. The Kier molecular flexibility index (Phi) is 2.97. The predicted octanol–water partition coefficient (Wildman–Crippen LogP) is 3.69. The van der Waals surface area contributed by atoms with E-state index in [-0.39, 0.29) is 5.92 Å². The SMILES string of the molecule is IC1=C(c2ccccc2)C2C=CC=CC2=[O+]C1. The lowest BCUT2D eigenvalue weighted by Crippen LogP contribution is -2.22. The smallest absolute Gasteiger partial charge is 0.252 e. The van der Waals surface area contributed by atoms with Gasteiger partial charge in [-0.05, 0) is 33.7 Å². The van der Waals surface area contributed by atoms with Crippen LogP contribution in [0.2, 0.25) is 0 Å². The summed E-state index contributed by atoms with van der Waals surface area (Å²) in [7, 11) is 0. The first-order valence-corrected chi connectivity index (χ1v) is 6.72. The summed E-state index contributed by atoms with van der Waals surface area (Å²) >= 11 is 2.39. The number of fused-ring (bicyclic) bond motifs is 1. The van der Waals surface area contributed by atoms with Gasteiger partial charge in [0.25, 0.3) is 6.61 Å². The van der Waals surface area contributed by atoms with E-state index in [1.807, 2.05) is 6.08 Å². The van der Waals surface area contributed by atoms with Crippen LogP contribution in [-0.2, 0) is 4.42 Å². The van der Waals surface area contributed by atoms with Gasteiger partial charge in [0.15, 0.2) is 0 Å². The Morgan fingerprint density at radius 2 is 1.94 bits per heavy atom. The fourth-order valence-electron chi connectivity index (χ4n) is 2.25. The van der Waals surface area contributed by atoms with Crippen LogP contribution in [-0.4, -0.2) is 12.4 Å². The van der Waals surface area contributed by atoms with Gasteiger partial charge in [-0.1, -0.05) is 48.6 Å². The summed E-state index contributed by atoms with van der Waals surface area (Å²) in [5, 5.41) is 0. The summed E-state index contributed by atoms with van der Waals surface area (Å²) in [6, 6.07) is 10.6. The number of rotatable bonds is 1. The van der Waals surface area contributed by atoms with E-state index in [9.17, 15) is 0 Å². The molecule has 1 aliphatic carbocycles. The summed E-state index contributed by atoms with van der Waals surface area (Å²) < 4.78 is 7.05. The molecule has 0 saturated heterocycles. The molecule has 17 heavy (non-hydrogen) atoms. The number of benzene rings is 1. The van der Waals surface area contributed by atoms with Crippen molar-refractivity contribution in [3.8, 4) is 0 Å². The van der Waals surface area contributed by atoms with Crippen molar-refractivity contribution in [1.82, 2.24) is 0 Å². The van der Waals surface area contributed by atoms with Crippen molar-refractivity contribution < 1.29 is 4.42 Å². The number of hydrogen-bond acceptors (Lipinski definition) is 0. The maximum Gasteiger partial charge on any atom is 0.331 e. The van der Waals surface area contributed by atoms with Crippen LogP contribution in [0, 0.1) is 5.92 Å². The van der Waals surface area contributed by atoms with Gasteiger partial charge in [0.05, 0.1) is 3.58 Å². The molecule has 84 valence electrons. The van der Waals surface area contributed by atoms with Crippen LogP contribution in [0.5, 0.6) is 0 Å². The Balaban J connectivity index is 2.09. The molecule has 0 spiro atoms. The first-order chi connectivity index (χ1) is 8.36. The van der Waals surface area contributed by atoms with Gasteiger partial charge in [-0.25, -0.2) is 0 Å². The van der Waals surface area contributed by atoms with E-state index in [1.54, 1.807) is 0 Å². The number of ketones is 1. The molecule has 0 fully saturated rings. The van der Waals surface area contributed by atoms with E-state index >= 15 is 0 Å². The molecule has 0 N–H and O–H groups in total. The Bertz CT molecular complexity index is 550. The van der Waals surface area contributed by atoms with Crippen LogP contribution in [0.3, 0.4) is 0 Å². The van der Waals surface area contributed by atoms with Gasteiger partial charge >= 0.3 is 5.78 Å². The molecular formula is C15H12IO+. The van der Waals surface area contributed by atoms with Crippen molar-refractivity contribution in [3.05, 3.63) is 63.8 Å². The fourth-order valence-corrected chi connectivity index (χ4v) is 3.05. The topological polar surface area (TPSA) is 11.3 Å². The summed E-state index contributed by atoms with van der Waals surface area (Å²) in [6.45, 7) is 0.689. The van der Waals surface area contributed by atoms with E-state index in [0.717, 1.165) is 5.78 Å². The first kappa shape index (κ1) is 11.0. The minimum Gasteiger partial charge on any atom is -0.252 e. The largest absolute Gasteiger partial charge is 0.331 e. The highest BCUT2D eigenvalue weighted by molar-refractivity contribution is 14.1. The Hall–Kier alpha value is -1.16. The van der Waals surface area contributed by atoms with Crippen LogP contribution < -0.4 is 0 Å². The second-order valence-electron chi connectivity index (χ2n) is 4.10. The van der Waals surface area contributed by atoms with Gasteiger partial charge in [0.1, 0.15) is 5.92 Å². The van der Waals surface area contributed by atoms with Crippen LogP contribution in [0.25, 0.3) is 5.57 Å². The fraction of sp³-hybridized carbons (Fsp3) is 0.133. The highest BCUT2D eigenvalue weighted by Gasteiger charge is 2.33. The van der Waals surface area contributed by atoms with Crippen molar-refractivity contribution in [2.24, 2.45) is 5.92 Å². The molecule has 1 aromatic rings. The highest BCUT2D eigenvalue weighted by Crippen LogP contribution is 2.35. The molecular weight excluding hydrogens is 323 g/mol. The molecule has 1 aliphatic heterocycles. The van der Waals surface area contributed by atoms with Crippen molar-refractivity contribution in [2.45, 2.75) is 0 Å². The number of hydrogen-bond donors (Lipinski definition) is 0. The van der Waals surface area contributed by atoms with Crippen molar-refractivity contribution in [2.75, 3.05) is 6.61 Å². The third kappa shape index (κ3) is 2.02. The minimum atomic E-state index is 0.281. The molecule has 2 heteroatoms. The van der Waals surface area contributed by atoms with Crippen LogP contribution in [0.15, 0.2) is 58.2 Å². The average molecular weight is 335 g/mol. The maximum absolute atomic E-state index is 5.76. The Morgan fingerprint density at radius 1 is 1.12 bits per heavy atom. The van der Waals surface area contributed by atoms with E-state index < -0.39 is 0 Å². The summed E-state index contributed by atoms with van der Waals surface area (Å²) in [4.78, 5) is 0. The lowest BCUT2D eigenvalue weighted by molar-refractivity contribution is -0.447. The zero-order valence-electron chi connectivity index (χ0n) is 9.27. The second kappa shape index (κ2) is 4.61. The standard InChI is InChI=1S/C15H12IO/c16-13-10-17-14-9-5-4-8-12(14)15(13)11-6-2-1-3-7-11/h1-9,12H,10H2/q+1. The molecule has 0 bridgehead atoms. The van der Waals surface area contributed by atoms with Crippen molar-refractivity contribution in [3.63, 3.8) is 0 Å². The van der Waals surface area contributed by atoms with E-state index in [4.69, 9.17) is 4.42 Å². The monoisotopic (exact) mass is 335 g/mol. The molecule has 0 aromatic heterocycles. The maximum atomic E-state index is 5.76. The minimum absolute atomic E-state index is 0.281. The predicted molar refractivity (Wildman–Crippen MR) is 79.0 cm³/mol. The molecule has 3 rings (SSSR count). The van der Waals surface area contributed by atoms with Crippen LogP contribution in [0.4, 0.5) is 0 Å². The van der Waals surface area contributed by atoms with E-state index in [1.165, 1.54) is 14.7 Å². The normalized spacial score (nSPS) is 22.4. The van der Waals surface area contributed by atoms with Gasteiger partial charge in [-0.3, -0.25) is 4.42 Å². The highest BCUT2D eigenvalue weighted by atomic mass is 127. The molecule has 0 radical (unpaired) electrons. The number of carbonyl (C=O) groups excluding carboxylic acids is 1. The molecule has 0 saturated carbocycles. The van der Waals surface area contributed by atoms with E-state index in [0.29, 0.717) is 6.61 Å². The Morgan fingerprint density at radius 3 is 2.76 bits per heavy atom. The van der Waals surface area contributed by atoms with Crippen LogP contribution >= 0.6 is 22.6 Å². The Labute approximate surface area is 114 Å². The van der Waals surface area contributed by atoms with Gasteiger partial charge in [-0.2, -0.15) is 0 Å². The molecule has 1 atom stereocenters. The zero-order chi connectivity index (χ0) is 11.7. The van der Waals surface area contributed by atoms with E-state index in [2.05, 4.69) is 71.2 Å². The van der Waals surface area contributed by atoms with Gasteiger partial charge in [-0.15, -0.1) is 0 Å². The quantitative estimate of drug-likeness (QED) is 0.548. The lowest BCUT2D eigenvalue weighted by Gasteiger charge is -2.18. The molecule has 1 heterocycles. The third-order valence-corrected chi connectivity index (χ3v) is 3.93. The van der Waals surface area contributed by atoms with Crippen LogP contribution in [0.1, 0.15) is 5.56 Å². The van der Waals surface area contributed by atoms with Crippen molar-refractivity contribution in [1.29, 1.82) is 0 Å².